The van der Waals surface area contributed by atoms with E-state index in [9.17, 15) is 9.59 Å². The number of nitrogens with zero attached hydrogens (tertiary/aromatic N) is 2. The third-order valence-corrected chi connectivity index (χ3v) is 7.77. The van der Waals surface area contributed by atoms with Crippen LogP contribution in [0.15, 0.2) is 73.1 Å². The normalized spacial score (nSPS) is 22.8. The second-order valence-electron chi connectivity index (χ2n) is 10.4. The summed E-state index contributed by atoms with van der Waals surface area (Å²) in [5, 5.41) is 9.53. The monoisotopic (exact) mass is 512 g/mol. The van der Waals surface area contributed by atoms with Crippen LogP contribution in [0.2, 0.25) is 0 Å². The molecule has 3 heterocycles. The highest BCUT2D eigenvalue weighted by atomic mass is 16.2. The quantitative estimate of drug-likeness (QED) is 0.345. The zero-order chi connectivity index (χ0) is 26.5. The maximum atomic E-state index is 13.8. The molecule has 198 valence electrons. The Hall–Kier alpha value is -3.91. The molecule has 2 aliphatic rings. The van der Waals surface area contributed by atoms with Crippen molar-refractivity contribution in [2.75, 3.05) is 31.2 Å². The van der Waals surface area contributed by atoms with E-state index in [1.165, 1.54) is 5.56 Å². The lowest BCUT2D eigenvalue weighted by Crippen LogP contribution is -2.51. The molecule has 2 aromatic carbocycles. The number of nitrogens with one attached hydrogen (secondary N) is 3. The van der Waals surface area contributed by atoms with Crippen molar-refractivity contribution in [3.8, 4) is 0 Å². The lowest BCUT2D eigenvalue weighted by Gasteiger charge is -2.27. The molecule has 1 aromatic heterocycles. The van der Waals surface area contributed by atoms with Gasteiger partial charge in [-0.2, -0.15) is 0 Å². The highest BCUT2D eigenvalue weighted by Gasteiger charge is 2.43. The molecular weight excluding hydrogens is 476 g/mol. The second-order valence-corrected chi connectivity index (χ2v) is 10.4. The van der Waals surface area contributed by atoms with E-state index in [1.54, 1.807) is 11.1 Å². The molecule has 0 unspecified atom stereocenters. The number of hydrogen-bond donors (Lipinski definition) is 4. The largest absolute Gasteiger partial charge is 0.397 e. The van der Waals surface area contributed by atoms with Crippen molar-refractivity contribution in [3.05, 3.63) is 89.7 Å². The molecule has 38 heavy (non-hydrogen) atoms. The van der Waals surface area contributed by atoms with Gasteiger partial charge in [-0.25, -0.2) is 0 Å². The average molecular weight is 513 g/mol. The summed E-state index contributed by atoms with van der Waals surface area (Å²) in [6.45, 7) is 1.68. The SMILES string of the molecule is CNc1ccc(CNC(=O)[C@@H]2C[C@@H](Cc3cccnc3)CN2C(=O)[C@H]2C[C@@H](c3ccccc3)CN2)cc1N. The zero-order valence-corrected chi connectivity index (χ0v) is 21.8. The summed E-state index contributed by atoms with van der Waals surface area (Å²) >= 11 is 0. The molecule has 0 bridgehead atoms. The summed E-state index contributed by atoms with van der Waals surface area (Å²) in [6.07, 6.45) is 5.77. The average Bonchev–Trinajstić information content (AvgIpc) is 3.61. The van der Waals surface area contributed by atoms with Crippen LogP contribution in [0.1, 0.15) is 35.4 Å². The Bertz CT molecular complexity index is 1250. The number of pyridine rings is 1. The van der Waals surface area contributed by atoms with Crippen molar-refractivity contribution in [1.29, 1.82) is 0 Å². The molecule has 2 saturated heterocycles. The van der Waals surface area contributed by atoms with Gasteiger partial charge in [0.2, 0.25) is 11.8 Å². The van der Waals surface area contributed by atoms with Gasteiger partial charge in [-0.3, -0.25) is 14.6 Å². The maximum Gasteiger partial charge on any atom is 0.243 e. The molecule has 2 fully saturated rings. The minimum Gasteiger partial charge on any atom is -0.397 e. The first-order valence-electron chi connectivity index (χ1n) is 13.3. The number of nitrogen functional groups attached to an aromatic ring is 1. The highest BCUT2D eigenvalue weighted by molar-refractivity contribution is 5.90. The summed E-state index contributed by atoms with van der Waals surface area (Å²) in [6, 6.07) is 19.2. The maximum absolute atomic E-state index is 13.8. The molecule has 0 radical (unpaired) electrons. The Labute approximate surface area is 224 Å². The Kier molecular flexibility index (Phi) is 7.89. The van der Waals surface area contributed by atoms with Crippen molar-refractivity contribution in [2.45, 2.75) is 43.8 Å². The minimum atomic E-state index is -0.504. The summed E-state index contributed by atoms with van der Waals surface area (Å²) in [5.41, 5.74) is 10.9. The van der Waals surface area contributed by atoms with Gasteiger partial charge in [0.05, 0.1) is 17.4 Å². The van der Waals surface area contributed by atoms with Gasteiger partial charge < -0.3 is 26.6 Å². The van der Waals surface area contributed by atoms with Crippen LogP contribution >= 0.6 is 0 Å². The fourth-order valence-corrected chi connectivity index (χ4v) is 5.78. The molecule has 2 aliphatic heterocycles. The molecule has 5 rings (SSSR count). The number of rotatable bonds is 8. The Balaban J connectivity index is 1.28. The van der Waals surface area contributed by atoms with Crippen molar-refractivity contribution in [2.24, 2.45) is 5.92 Å². The van der Waals surface area contributed by atoms with Crippen LogP contribution in [0.25, 0.3) is 0 Å². The lowest BCUT2D eigenvalue weighted by atomic mass is 9.96. The number of nitrogens with two attached hydrogens (primary N) is 1. The molecule has 8 heteroatoms. The highest BCUT2D eigenvalue weighted by Crippen LogP contribution is 2.31. The molecule has 0 aliphatic carbocycles. The first-order valence-corrected chi connectivity index (χ1v) is 13.3. The van der Waals surface area contributed by atoms with Crippen molar-refractivity contribution in [3.63, 3.8) is 0 Å². The summed E-state index contributed by atoms with van der Waals surface area (Å²) in [5.74, 6) is 0.369. The lowest BCUT2D eigenvalue weighted by molar-refractivity contribution is -0.139. The van der Waals surface area contributed by atoms with Crippen LogP contribution in [0.4, 0.5) is 11.4 Å². The van der Waals surface area contributed by atoms with Gasteiger partial charge in [0, 0.05) is 39.1 Å². The van der Waals surface area contributed by atoms with Crippen LogP contribution in [-0.2, 0) is 22.6 Å². The molecule has 8 nitrogen and oxygen atoms in total. The number of aromatic nitrogens is 1. The van der Waals surface area contributed by atoms with Gasteiger partial charge >= 0.3 is 0 Å². The van der Waals surface area contributed by atoms with Crippen LogP contribution in [0, 0.1) is 5.92 Å². The van der Waals surface area contributed by atoms with Crippen LogP contribution < -0.4 is 21.7 Å². The van der Waals surface area contributed by atoms with Gasteiger partial charge in [0.25, 0.3) is 0 Å². The topological polar surface area (TPSA) is 112 Å². The Morgan fingerprint density at radius 1 is 1.08 bits per heavy atom. The minimum absolute atomic E-state index is 0.0138. The van der Waals surface area contributed by atoms with Gasteiger partial charge in [-0.1, -0.05) is 42.5 Å². The zero-order valence-electron chi connectivity index (χ0n) is 21.8. The summed E-state index contributed by atoms with van der Waals surface area (Å²) in [4.78, 5) is 33.3. The van der Waals surface area contributed by atoms with E-state index in [0.717, 1.165) is 36.2 Å². The van der Waals surface area contributed by atoms with E-state index < -0.39 is 6.04 Å². The number of likely N-dealkylation sites (tertiary alicyclic amines) is 1. The van der Waals surface area contributed by atoms with Crippen molar-refractivity contribution < 1.29 is 9.59 Å². The molecule has 0 saturated carbocycles. The summed E-state index contributed by atoms with van der Waals surface area (Å²) < 4.78 is 0. The number of carbonyl (C=O) groups excluding carboxylic acids is 2. The van der Waals surface area contributed by atoms with E-state index in [1.807, 2.05) is 55.7 Å². The van der Waals surface area contributed by atoms with Crippen molar-refractivity contribution in [1.82, 2.24) is 20.5 Å². The molecule has 0 spiro atoms. The fourth-order valence-electron chi connectivity index (χ4n) is 5.78. The number of anilines is 2. The van der Waals surface area contributed by atoms with E-state index in [2.05, 4.69) is 39.1 Å². The van der Waals surface area contributed by atoms with Gasteiger partial charge in [-0.05, 0) is 66.0 Å². The molecule has 3 aromatic rings. The smallest absolute Gasteiger partial charge is 0.243 e. The van der Waals surface area contributed by atoms with Crippen LogP contribution in [0.5, 0.6) is 0 Å². The second kappa shape index (κ2) is 11.6. The number of hydrogen-bond acceptors (Lipinski definition) is 6. The number of benzene rings is 2. The van der Waals surface area contributed by atoms with Gasteiger partial charge in [0.1, 0.15) is 6.04 Å². The Morgan fingerprint density at radius 2 is 1.92 bits per heavy atom. The van der Waals surface area contributed by atoms with E-state index in [-0.39, 0.29) is 29.7 Å². The van der Waals surface area contributed by atoms with E-state index in [0.29, 0.717) is 25.2 Å². The van der Waals surface area contributed by atoms with Crippen molar-refractivity contribution >= 4 is 23.2 Å². The molecule has 2 amide bonds. The van der Waals surface area contributed by atoms with Crippen LogP contribution in [0.3, 0.4) is 0 Å². The van der Waals surface area contributed by atoms with E-state index >= 15 is 0 Å². The predicted molar refractivity (Wildman–Crippen MR) is 149 cm³/mol. The fraction of sp³-hybridized carbons (Fsp3) is 0.367. The molecule has 5 N–H and O–H groups in total. The number of amides is 2. The summed E-state index contributed by atoms with van der Waals surface area (Å²) in [7, 11) is 1.82. The number of carbonyl (C=O) groups is 2. The predicted octanol–water partition coefficient (Wildman–Crippen LogP) is 2.93. The van der Waals surface area contributed by atoms with Gasteiger partial charge in [-0.15, -0.1) is 0 Å². The standard InChI is InChI=1S/C30H36N6O2/c1-32-26-10-9-21(13-25(26)31)17-35-29(37)28-14-22(12-20-6-5-11-33-16-20)19-36(28)30(38)27-15-24(18-34-27)23-7-3-2-4-8-23/h2-11,13,16,22,24,27-28,32,34H,12,14-15,17-19,31H2,1H3,(H,35,37)/t22-,24-,27-,28+/m1/s1. The third kappa shape index (κ3) is 5.81. The van der Waals surface area contributed by atoms with Crippen LogP contribution in [-0.4, -0.2) is 53.9 Å². The first-order chi connectivity index (χ1) is 18.5. The molecule has 4 atom stereocenters. The van der Waals surface area contributed by atoms with Gasteiger partial charge in [0.15, 0.2) is 0 Å². The Morgan fingerprint density at radius 3 is 2.66 bits per heavy atom. The van der Waals surface area contributed by atoms with E-state index in [4.69, 9.17) is 5.73 Å². The molecular formula is C30H36N6O2. The first kappa shape index (κ1) is 25.7. The third-order valence-electron chi connectivity index (χ3n) is 7.77.